The number of aryl methyl sites for hydroxylation is 1. The molecule has 0 atom stereocenters. The van der Waals surface area contributed by atoms with Crippen LogP contribution in [0, 0.1) is 0 Å². The van der Waals surface area contributed by atoms with Crippen LogP contribution in [0.25, 0.3) is 10.1 Å². The minimum atomic E-state index is -3.90. The summed E-state index contributed by atoms with van der Waals surface area (Å²) in [6.45, 7) is 0. The Kier molecular flexibility index (Phi) is 3.38. The van der Waals surface area contributed by atoms with E-state index in [-0.39, 0.29) is 16.3 Å². The Morgan fingerprint density at radius 2 is 2.09 bits per heavy atom. The van der Waals surface area contributed by atoms with Gasteiger partial charge in [-0.2, -0.15) is 5.10 Å². The fraction of sp³-hybridized carbons (Fsp3) is 0.0769. The molecule has 114 valence electrons. The minimum absolute atomic E-state index is 0.0646. The maximum Gasteiger partial charge on any atom is 0.356 e. The predicted molar refractivity (Wildman–Crippen MR) is 82.8 cm³/mol. The highest BCUT2D eigenvalue weighted by Crippen LogP contribution is 2.30. The van der Waals surface area contributed by atoms with Crippen LogP contribution in [0.1, 0.15) is 10.5 Å². The second-order valence-electron chi connectivity index (χ2n) is 4.54. The zero-order valence-electron chi connectivity index (χ0n) is 11.3. The number of hydrogen-bond donors (Lipinski definition) is 2. The summed E-state index contributed by atoms with van der Waals surface area (Å²) in [5, 5.41) is 15.0. The molecule has 1 aromatic carbocycles. The van der Waals surface area contributed by atoms with E-state index in [1.165, 1.54) is 30.0 Å². The van der Waals surface area contributed by atoms with E-state index in [0.29, 0.717) is 5.39 Å². The van der Waals surface area contributed by atoms with Gasteiger partial charge in [0.25, 0.3) is 10.0 Å². The maximum atomic E-state index is 12.5. The van der Waals surface area contributed by atoms with Crippen LogP contribution in [-0.2, 0) is 17.1 Å². The van der Waals surface area contributed by atoms with Crippen molar-refractivity contribution in [3.8, 4) is 0 Å². The molecular weight excluding hydrogens is 326 g/mol. The van der Waals surface area contributed by atoms with Gasteiger partial charge in [-0.15, -0.1) is 11.3 Å². The van der Waals surface area contributed by atoms with Crippen LogP contribution in [0.3, 0.4) is 0 Å². The first-order valence-corrected chi connectivity index (χ1v) is 8.51. The van der Waals surface area contributed by atoms with Gasteiger partial charge in [0.1, 0.15) is 10.6 Å². The average molecular weight is 337 g/mol. The molecule has 7 nitrogen and oxygen atoms in total. The molecule has 3 rings (SSSR count). The maximum absolute atomic E-state index is 12.5. The number of rotatable bonds is 4. The number of carbonyl (C=O) groups is 1. The van der Waals surface area contributed by atoms with Crippen molar-refractivity contribution < 1.29 is 18.3 Å². The number of sulfonamides is 1. The van der Waals surface area contributed by atoms with Gasteiger partial charge in [0.2, 0.25) is 0 Å². The summed E-state index contributed by atoms with van der Waals surface area (Å²) in [4.78, 5) is 11.3. The molecule has 0 fully saturated rings. The second kappa shape index (κ2) is 5.11. The lowest BCUT2D eigenvalue weighted by molar-refractivity contribution is 0.0686. The molecule has 0 saturated heterocycles. The average Bonchev–Trinajstić information content (AvgIpc) is 3.02. The quantitative estimate of drug-likeness (QED) is 0.759. The molecule has 0 unspecified atom stereocenters. The number of carboxylic acid groups (broad SMARTS) is 1. The van der Waals surface area contributed by atoms with Gasteiger partial charge in [-0.05, 0) is 6.07 Å². The molecular formula is C13H11N3O4S2. The third kappa shape index (κ3) is 2.34. The molecule has 9 heteroatoms. The van der Waals surface area contributed by atoms with E-state index in [0.717, 1.165) is 9.38 Å². The highest BCUT2D eigenvalue weighted by Gasteiger charge is 2.24. The van der Waals surface area contributed by atoms with Crippen LogP contribution in [-0.4, -0.2) is 29.3 Å². The van der Waals surface area contributed by atoms with Gasteiger partial charge < -0.3 is 5.11 Å². The molecule has 0 radical (unpaired) electrons. The fourth-order valence-electron chi connectivity index (χ4n) is 2.13. The van der Waals surface area contributed by atoms with Crippen LogP contribution in [0.5, 0.6) is 0 Å². The molecule has 0 saturated carbocycles. The lowest BCUT2D eigenvalue weighted by Gasteiger charge is -2.06. The van der Waals surface area contributed by atoms with Gasteiger partial charge in [0, 0.05) is 22.5 Å². The molecule has 0 aliphatic heterocycles. The van der Waals surface area contributed by atoms with E-state index in [1.54, 1.807) is 12.1 Å². The number of anilines is 1. The van der Waals surface area contributed by atoms with Crippen LogP contribution < -0.4 is 4.72 Å². The topological polar surface area (TPSA) is 101 Å². The number of nitrogens with zero attached hydrogens (tertiary/aromatic N) is 2. The molecule has 3 aromatic rings. The Morgan fingerprint density at radius 1 is 1.36 bits per heavy atom. The summed E-state index contributed by atoms with van der Waals surface area (Å²) in [5.74, 6) is -1.26. The third-order valence-electron chi connectivity index (χ3n) is 3.12. The van der Waals surface area contributed by atoms with Crippen LogP contribution >= 0.6 is 11.3 Å². The molecule has 0 bridgehead atoms. The lowest BCUT2D eigenvalue weighted by atomic mass is 10.3. The van der Waals surface area contributed by atoms with Gasteiger partial charge in [-0.25, -0.2) is 13.2 Å². The molecule has 0 aliphatic rings. The number of aromatic carboxylic acids is 1. The van der Waals surface area contributed by atoms with Crippen molar-refractivity contribution in [2.45, 2.75) is 4.90 Å². The smallest absolute Gasteiger partial charge is 0.356 e. The summed E-state index contributed by atoms with van der Waals surface area (Å²) in [5.41, 5.74) is -0.284. The predicted octanol–water partition coefficient (Wildman–Crippen LogP) is 2.13. The van der Waals surface area contributed by atoms with E-state index in [4.69, 9.17) is 5.11 Å². The van der Waals surface area contributed by atoms with E-state index < -0.39 is 16.0 Å². The molecule has 2 heterocycles. The number of thiophene rings is 1. The molecule has 0 amide bonds. The van der Waals surface area contributed by atoms with Crippen LogP contribution in [0.4, 0.5) is 5.69 Å². The van der Waals surface area contributed by atoms with Gasteiger partial charge in [0.05, 0.1) is 6.20 Å². The number of nitrogens with one attached hydrogen (secondary N) is 1. The normalized spacial score (nSPS) is 11.7. The Hall–Kier alpha value is -2.39. The molecule has 22 heavy (non-hydrogen) atoms. The lowest BCUT2D eigenvalue weighted by Crippen LogP contribution is -2.15. The first-order chi connectivity index (χ1) is 10.4. The molecule has 2 N–H and O–H groups in total. The van der Waals surface area contributed by atoms with Gasteiger partial charge in [-0.1, -0.05) is 18.2 Å². The van der Waals surface area contributed by atoms with Crippen molar-refractivity contribution in [1.82, 2.24) is 9.78 Å². The zero-order chi connectivity index (χ0) is 15.9. The van der Waals surface area contributed by atoms with Crippen molar-refractivity contribution in [1.29, 1.82) is 0 Å². The van der Waals surface area contributed by atoms with E-state index in [9.17, 15) is 13.2 Å². The summed E-state index contributed by atoms with van der Waals surface area (Å²) in [6, 6.07) is 7.11. The van der Waals surface area contributed by atoms with Crippen molar-refractivity contribution >= 4 is 43.1 Å². The summed E-state index contributed by atoms with van der Waals surface area (Å²) in [6.07, 6.45) is 1.18. The molecule has 2 aromatic heterocycles. The van der Waals surface area contributed by atoms with E-state index >= 15 is 0 Å². The summed E-state index contributed by atoms with van der Waals surface area (Å²) in [7, 11) is -2.46. The van der Waals surface area contributed by atoms with E-state index in [2.05, 4.69) is 9.82 Å². The minimum Gasteiger partial charge on any atom is -0.476 e. The number of aromatic nitrogens is 2. The fourth-order valence-corrected chi connectivity index (χ4v) is 4.68. The number of benzene rings is 1. The first-order valence-electron chi connectivity index (χ1n) is 6.14. The standard InChI is InChI=1S/C13H11N3O4S2/c1-16-12(13(17)18)9(6-14-16)15-22(19,20)11-7-21-10-5-3-2-4-8(10)11/h2-7,15H,1H3,(H,17,18). The highest BCUT2D eigenvalue weighted by atomic mass is 32.2. The largest absolute Gasteiger partial charge is 0.476 e. The van der Waals surface area contributed by atoms with Crippen molar-refractivity contribution in [2.75, 3.05) is 4.72 Å². The summed E-state index contributed by atoms with van der Waals surface area (Å²) >= 11 is 1.31. The van der Waals surface area contributed by atoms with Crippen LogP contribution in [0.15, 0.2) is 40.7 Å². The Bertz CT molecular complexity index is 972. The van der Waals surface area contributed by atoms with E-state index in [1.807, 2.05) is 12.1 Å². The van der Waals surface area contributed by atoms with Gasteiger partial charge >= 0.3 is 5.97 Å². The Labute approximate surface area is 129 Å². The third-order valence-corrected chi connectivity index (χ3v) is 5.64. The van der Waals surface area contributed by atoms with Crippen molar-refractivity contribution in [3.63, 3.8) is 0 Å². The second-order valence-corrected chi connectivity index (χ2v) is 7.10. The van der Waals surface area contributed by atoms with Gasteiger partial charge in [-0.3, -0.25) is 9.40 Å². The van der Waals surface area contributed by atoms with Crippen molar-refractivity contribution in [2.24, 2.45) is 7.05 Å². The van der Waals surface area contributed by atoms with Crippen LogP contribution in [0.2, 0.25) is 0 Å². The SMILES string of the molecule is Cn1ncc(NS(=O)(=O)c2csc3ccccc23)c1C(=O)O. The zero-order valence-corrected chi connectivity index (χ0v) is 13.0. The summed E-state index contributed by atoms with van der Waals surface area (Å²) < 4.78 is 29.3. The number of fused-ring (bicyclic) bond motifs is 1. The molecule has 0 spiro atoms. The monoisotopic (exact) mass is 337 g/mol. The Morgan fingerprint density at radius 3 is 2.82 bits per heavy atom. The van der Waals surface area contributed by atoms with Gasteiger partial charge in [0.15, 0.2) is 5.69 Å². The Balaban J connectivity index is 2.07. The first kappa shape index (κ1) is 14.5. The van der Waals surface area contributed by atoms with Crippen molar-refractivity contribution in [3.05, 3.63) is 41.5 Å². The number of carboxylic acids is 1. The highest BCUT2D eigenvalue weighted by molar-refractivity contribution is 7.93. The number of hydrogen-bond acceptors (Lipinski definition) is 5. The molecule has 0 aliphatic carbocycles.